The van der Waals surface area contributed by atoms with Gasteiger partial charge in [-0.1, -0.05) is 19.4 Å². The second-order valence-electron chi connectivity index (χ2n) is 4.24. The van der Waals surface area contributed by atoms with Crippen molar-refractivity contribution in [2.75, 3.05) is 19.8 Å². The third-order valence-corrected chi connectivity index (χ3v) is 2.57. The summed E-state index contributed by atoms with van der Waals surface area (Å²) in [6.07, 6.45) is 1.98. The van der Waals surface area contributed by atoms with Crippen LogP contribution >= 0.6 is 0 Å². The monoisotopic (exact) mass is 279 g/mol. The SMILES string of the molecule is CCCCNC(=O)COc1cccc(C(=O)OCC)c1. The van der Waals surface area contributed by atoms with Crippen molar-refractivity contribution in [3.63, 3.8) is 0 Å². The van der Waals surface area contributed by atoms with Crippen LogP contribution in [0.1, 0.15) is 37.0 Å². The fourth-order valence-corrected chi connectivity index (χ4v) is 1.53. The highest BCUT2D eigenvalue weighted by Crippen LogP contribution is 2.14. The Balaban J connectivity index is 2.46. The van der Waals surface area contributed by atoms with E-state index in [0.29, 0.717) is 24.5 Å². The number of esters is 1. The Morgan fingerprint density at radius 1 is 1.25 bits per heavy atom. The topological polar surface area (TPSA) is 64.6 Å². The van der Waals surface area contributed by atoms with Crippen LogP contribution in [0.4, 0.5) is 0 Å². The van der Waals surface area contributed by atoms with E-state index in [2.05, 4.69) is 12.2 Å². The summed E-state index contributed by atoms with van der Waals surface area (Å²) in [6, 6.07) is 6.60. The molecular formula is C15H21NO4. The first-order chi connectivity index (χ1) is 9.67. The first-order valence-electron chi connectivity index (χ1n) is 6.84. The van der Waals surface area contributed by atoms with E-state index in [-0.39, 0.29) is 12.5 Å². The number of ether oxygens (including phenoxy) is 2. The molecule has 0 aliphatic rings. The maximum Gasteiger partial charge on any atom is 0.338 e. The van der Waals surface area contributed by atoms with Gasteiger partial charge in [0.05, 0.1) is 12.2 Å². The third kappa shape index (κ3) is 5.73. The van der Waals surface area contributed by atoms with Crippen molar-refractivity contribution in [1.82, 2.24) is 5.32 Å². The predicted octanol–water partition coefficient (Wildman–Crippen LogP) is 2.16. The van der Waals surface area contributed by atoms with Gasteiger partial charge in [0.15, 0.2) is 6.61 Å². The van der Waals surface area contributed by atoms with Crippen LogP contribution in [-0.2, 0) is 9.53 Å². The van der Waals surface area contributed by atoms with Crippen molar-refractivity contribution < 1.29 is 19.1 Å². The summed E-state index contributed by atoms with van der Waals surface area (Å²) in [5, 5.41) is 2.76. The molecule has 0 radical (unpaired) electrons. The van der Waals surface area contributed by atoms with Gasteiger partial charge in [-0.05, 0) is 31.5 Å². The smallest absolute Gasteiger partial charge is 0.338 e. The van der Waals surface area contributed by atoms with Crippen LogP contribution in [0.5, 0.6) is 5.75 Å². The van der Waals surface area contributed by atoms with Crippen molar-refractivity contribution in [2.45, 2.75) is 26.7 Å². The van der Waals surface area contributed by atoms with Crippen LogP contribution < -0.4 is 10.1 Å². The van der Waals surface area contributed by atoms with Gasteiger partial charge < -0.3 is 14.8 Å². The van der Waals surface area contributed by atoms with Gasteiger partial charge in [-0.3, -0.25) is 4.79 Å². The average molecular weight is 279 g/mol. The summed E-state index contributed by atoms with van der Waals surface area (Å²) in [5.74, 6) is -0.0912. The normalized spacial score (nSPS) is 9.90. The Labute approximate surface area is 119 Å². The number of rotatable bonds is 8. The minimum atomic E-state index is -0.398. The molecule has 1 aromatic rings. The molecular weight excluding hydrogens is 258 g/mol. The number of hydrogen-bond acceptors (Lipinski definition) is 4. The lowest BCUT2D eigenvalue weighted by atomic mass is 10.2. The highest BCUT2D eigenvalue weighted by atomic mass is 16.5. The maximum absolute atomic E-state index is 11.6. The Hall–Kier alpha value is -2.04. The lowest BCUT2D eigenvalue weighted by Gasteiger charge is -2.08. The lowest BCUT2D eigenvalue weighted by Crippen LogP contribution is -2.29. The molecule has 110 valence electrons. The molecule has 0 saturated heterocycles. The molecule has 0 heterocycles. The summed E-state index contributed by atoms with van der Waals surface area (Å²) in [7, 11) is 0. The summed E-state index contributed by atoms with van der Waals surface area (Å²) in [4.78, 5) is 23.0. The number of amides is 1. The number of benzene rings is 1. The second kappa shape index (κ2) is 8.96. The summed E-state index contributed by atoms with van der Waals surface area (Å²) in [6.45, 7) is 4.73. The number of carbonyl (C=O) groups is 2. The zero-order valence-corrected chi connectivity index (χ0v) is 12.0. The number of nitrogens with one attached hydrogen (secondary N) is 1. The van der Waals surface area contributed by atoms with Crippen LogP contribution in [0.25, 0.3) is 0 Å². The molecule has 0 aromatic heterocycles. The molecule has 0 bridgehead atoms. The van der Waals surface area contributed by atoms with Crippen molar-refractivity contribution in [3.8, 4) is 5.75 Å². The number of unbranched alkanes of at least 4 members (excludes halogenated alkanes) is 1. The molecule has 1 rings (SSSR count). The van der Waals surface area contributed by atoms with Gasteiger partial charge in [0.25, 0.3) is 5.91 Å². The highest BCUT2D eigenvalue weighted by molar-refractivity contribution is 5.89. The van der Waals surface area contributed by atoms with Crippen LogP contribution in [-0.4, -0.2) is 31.6 Å². The summed E-state index contributed by atoms with van der Waals surface area (Å²) < 4.78 is 10.2. The Kier molecular flexibility index (Phi) is 7.17. The largest absolute Gasteiger partial charge is 0.484 e. The second-order valence-corrected chi connectivity index (χ2v) is 4.24. The minimum Gasteiger partial charge on any atom is -0.484 e. The number of carbonyl (C=O) groups excluding carboxylic acids is 2. The first-order valence-corrected chi connectivity index (χ1v) is 6.84. The molecule has 20 heavy (non-hydrogen) atoms. The fraction of sp³-hybridized carbons (Fsp3) is 0.467. The van der Waals surface area contributed by atoms with Crippen LogP contribution in [0.2, 0.25) is 0 Å². The molecule has 1 aromatic carbocycles. The van der Waals surface area contributed by atoms with Gasteiger partial charge in [0.1, 0.15) is 5.75 Å². The van der Waals surface area contributed by atoms with Crippen molar-refractivity contribution in [1.29, 1.82) is 0 Å². The highest BCUT2D eigenvalue weighted by Gasteiger charge is 2.08. The molecule has 0 fully saturated rings. The third-order valence-electron chi connectivity index (χ3n) is 2.57. The molecule has 0 aliphatic heterocycles. The van der Waals surface area contributed by atoms with Gasteiger partial charge >= 0.3 is 5.97 Å². The predicted molar refractivity (Wildman–Crippen MR) is 75.8 cm³/mol. The Morgan fingerprint density at radius 3 is 2.75 bits per heavy atom. The Bertz CT molecular complexity index is 445. The molecule has 0 spiro atoms. The minimum absolute atomic E-state index is 0.0595. The first kappa shape index (κ1) is 16.0. The van der Waals surface area contributed by atoms with E-state index in [1.807, 2.05) is 0 Å². The maximum atomic E-state index is 11.6. The zero-order chi connectivity index (χ0) is 14.8. The van der Waals surface area contributed by atoms with Gasteiger partial charge in [-0.25, -0.2) is 4.79 Å². The van der Waals surface area contributed by atoms with Gasteiger partial charge in [-0.2, -0.15) is 0 Å². The summed E-state index contributed by atoms with van der Waals surface area (Å²) >= 11 is 0. The van der Waals surface area contributed by atoms with Crippen LogP contribution in [0.15, 0.2) is 24.3 Å². The van der Waals surface area contributed by atoms with E-state index >= 15 is 0 Å². The van der Waals surface area contributed by atoms with Crippen molar-refractivity contribution >= 4 is 11.9 Å². The van der Waals surface area contributed by atoms with E-state index in [9.17, 15) is 9.59 Å². The van der Waals surface area contributed by atoms with Gasteiger partial charge in [0.2, 0.25) is 0 Å². The molecule has 0 unspecified atom stereocenters. The van der Waals surface area contributed by atoms with Crippen LogP contribution in [0.3, 0.4) is 0 Å². The quantitative estimate of drug-likeness (QED) is 0.585. The van der Waals surface area contributed by atoms with Crippen molar-refractivity contribution in [2.24, 2.45) is 0 Å². The molecule has 5 heteroatoms. The molecule has 0 atom stereocenters. The molecule has 0 saturated carbocycles. The van der Waals surface area contributed by atoms with E-state index in [0.717, 1.165) is 12.8 Å². The van der Waals surface area contributed by atoms with Crippen LogP contribution in [0, 0.1) is 0 Å². The van der Waals surface area contributed by atoms with E-state index in [1.54, 1.807) is 31.2 Å². The Morgan fingerprint density at radius 2 is 2.05 bits per heavy atom. The fourth-order valence-electron chi connectivity index (χ4n) is 1.53. The van der Waals surface area contributed by atoms with Gasteiger partial charge in [-0.15, -0.1) is 0 Å². The van der Waals surface area contributed by atoms with E-state index in [1.165, 1.54) is 0 Å². The lowest BCUT2D eigenvalue weighted by molar-refractivity contribution is -0.123. The molecule has 1 N–H and O–H groups in total. The van der Waals surface area contributed by atoms with E-state index < -0.39 is 5.97 Å². The molecule has 5 nitrogen and oxygen atoms in total. The molecule has 0 aliphatic carbocycles. The van der Waals surface area contributed by atoms with Gasteiger partial charge in [0, 0.05) is 6.54 Å². The molecule has 1 amide bonds. The average Bonchev–Trinajstić information content (AvgIpc) is 2.46. The zero-order valence-electron chi connectivity index (χ0n) is 12.0. The van der Waals surface area contributed by atoms with Crippen molar-refractivity contribution in [3.05, 3.63) is 29.8 Å². The summed E-state index contributed by atoms with van der Waals surface area (Å²) in [5.41, 5.74) is 0.413. The van der Waals surface area contributed by atoms with E-state index in [4.69, 9.17) is 9.47 Å². The number of hydrogen-bond donors (Lipinski definition) is 1. The standard InChI is InChI=1S/C15H21NO4/c1-3-5-9-16-14(17)11-20-13-8-6-7-12(10-13)15(18)19-4-2/h6-8,10H,3-5,9,11H2,1-2H3,(H,16,17).